The number of halogens is 3. The van der Waals surface area contributed by atoms with Gasteiger partial charge in [-0.2, -0.15) is 0 Å². The number of amides is 1. The fourth-order valence-corrected chi connectivity index (χ4v) is 5.62. The Bertz CT molecular complexity index is 1310. The van der Waals surface area contributed by atoms with Crippen molar-refractivity contribution in [1.29, 1.82) is 0 Å². The number of ether oxygens (including phenoxy) is 2. The number of aromatic nitrogens is 1. The number of carbonyl (C=O) groups is 1. The van der Waals surface area contributed by atoms with E-state index < -0.39 is 11.9 Å². The third kappa shape index (κ3) is 4.70. The number of piperidine rings is 1. The summed E-state index contributed by atoms with van der Waals surface area (Å²) in [6.07, 6.45) is 5.43. The number of pyridine rings is 1. The Morgan fingerprint density at radius 3 is 2.69 bits per heavy atom. The van der Waals surface area contributed by atoms with Crippen molar-refractivity contribution in [2.24, 2.45) is 0 Å². The highest BCUT2D eigenvalue weighted by Gasteiger charge is 2.39. The Morgan fingerprint density at radius 2 is 1.94 bits per heavy atom. The number of fused-ring (bicyclic) bond motifs is 1. The number of likely N-dealkylation sites (tertiary alicyclic amines) is 1. The molecule has 9 heteroatoms. The second kappa shape index (κ2) is 9.79. The van der Waals surface area contributed by atoms with Crippen molar-refractivity contribution in [3.05, 3.63) is 69.6 Å². The molecule has 1 atom stereocenters. The summed E-state index contributed by atoms with van der Waals surface area (Å²) in [4.78, 5) is 17.2. The SMILES string of the molecule is C[C@@H](Oc1cc(-c2ccc3c(c2)OC2(CC3)CCN(C=O)CC2)cnc1N)c1c(Cl)ccc(F)c1Cl. The molecule has 0 bridgehead atoms. The standard InChI is InChI=1S/C27H26Cl2FN3O3/c1-16(24-20(28)4-5-21(30)25(24)29)35-23-13-19(14-32-26(23)31)18-3-2-17-6-7-27(36-22(17)12-18)8-10-33(15-34)11-9-27/h2-5,12-16H,6-11H2,1H3,(H2,31,32)/t16-/m1/s1. The zero-order valence-electron chi connectivity index (χ0n) is 19.8. The van der Waals surface area contributed by atoms with Gasteiger partial charge in [0.1, 0.15) is 23.3 Å². The summed E-state index contributed by atoms with van der Waals surface area (Å²) in [6.45, 7) is 3.14. The van der Waals surface area contributed by atoms with Crippen LogP contribution in [0.2, 0.25) is 10.0 Å². The number of carbonyl (C=O) groups excluding carboxylic acids is 1. The number of hydrogen-bond acceptors (Lipinski definition) is 5. The smallest absolute Gasteiger partial charge is 0.209 e. The third-order valence-corrected chi connectivity index (χ3v) is 7.82. The average molecular weight is 530 g/mol. The van der Waals surface area contributed by atoms with E-state index in [1.807, 2.05) is 12.1 Å². The van der Waals surface area contributed by atoms with Gasteiger partial charge < -0.3 is 20.1 Å². The van der Waals surface area contributed by atoms with E-state index in [4.69, 9.17) is 38.4 Å². The van der Waals surface area contributed by atoms with Crippen LogP contribution in [0.25, 0.3) is 11.1 Å². The van der Waals surface area contributed by atoms with Crippen LogP contribution in [0.5, 0.6) is 11.5 Å². The van der Waals surface area contributed by atoms with Gasteiger partial charge in [0, 0.05) is 48.3 Å². The lowest BCUT2D eigenvalue weighted by Crippen LogP contribution is -2.49. The van der Waals surface area contributed by atoms with Gasteiger partial charge in [0.2, 0.25) is 6.41 Å². The van der Waals surface area contributed by atoms with E-state index >= 15 is 0 Å². The van der Waals surface area contributed by atoms with Crippen LogP contribution >= 0.6 is 23.2 Å². The Labute approximate surface area is 219 Å². The van der Waals surface area contributed by atoms with E-state index in [2.05, 4.69) is 11.1 Å². The molecule has 1 amide bonds. The fourth-order valence-electron chi connectivity index (χ4n) is 4.94. The summed E-state index contributed by atoms with van der Waals surface area (Å²) in [5.74, 6) is 0.816. The third-order valence-electron chi connectivity index (χ3n) is 7.11. The molecule has 1 spiro atoms. The molecule has 0 saturated carbocycles. The number of nitrogens with two attached hydrogens (primary N) is 1. The Hall–Kier alpha value is -3.03. The first-order valence-corrected chi connectivity index (χ1v) is 12.6. The highest BCUT2D eigenvalue weighted by atomic mass is 35.5. The van der Waals surface area contributed by atoms with Crippen LogP contribution in [0.3, 0.4) is 0 Å². The second-order valence-electron chi connectivity index (χ2n) is 9.37. The molecule has 2 N–H and O–H groups in total. The van der Waals surface area contributed by atoms with Crippen molar-refractivity contribution in [1.82, 2.24) is 9.88 Å². The van der Waals surface area contributed by atoms with Crippen LogP contribution in [-0.2, 0) is 11.2 Å². The Kier molecular flexibility index (Phi) is 6.70. The summed E-state index contributed by atoms with van der Waals surface area (Å²) in [5, 5.41) is 0.216. The first-order valence-electron chi connectivity index (χ1n) is 11.9. The summed E-state index contributed by atoms with van der Waals surface area (Å²) in [7, 11) is 0. The highest BCUT2D eigenvalue weighted by molar-refractivity contribution is 6.36. The van der Waals surface area contributed by atoms with Crippen LogP contribution < -0.4 is 15.2 Å². The maximum absolute atomic E-state index is 14.0. The molecule has 188 valence electrons. The molecule has 2 aliphatic rings. The van der Waals surface area contributed by atoms with Gasteiger partial charge in [-0.25, -0.2) is 9.37 Å². The summed E-state index contributed by atoms with van der Waals surface area (Å²) in [6, 6.07) is 10.6. The van der Waals surface area contributed by atoms with Crippen molar-refractivity contribution in [2.75, 3.05) is 18.8 Å². The minimum absolute atomic E-state index is 0.0857. The molecule has 1 fully saturated rings. The number of nitrogens with zero attached hydrogens (tertiary/aromatic N) is 2. The molecule has 0 radical (unpaired) electrons. The molecule has 3 aromatic rings. The van der Waals surface area contributed by atoms with Crippen LogP contribution in [0, 0.1) is 5.82 Å². The Morgan fingerprint density at radius 1 is 1.17 bits per heavy atom. The maximum atomic E-state index is 14.0. The van der Waals surface area contributed by atoms with Gasteiger partial charge in [-0.1, -0.05) is 35.3 Å². The first kappa shape index (κ1) is 24.7. The topological polar surface area (TPSA) is 77.7 Å². The number of rotatable bonds is 5. The lowest BCUT2D eigenvalue weighted by Gasteiger charge is -2.43. The van der Waals surface area contributed by atoms with Crippen molar-refractivity contribution in [3.8, 4) is 22.6 Å². The van der Waals surface area contributed by atoms with Gasteiger partial charge in [0.05, 0.1) is 5.02 Å². The van der Waals surface area contributed by atoms with Crippen LogP contribution in [0.1, 0.15) is 43.4 Å². The van der Waals surface area contributed by atoms with E-state index in [9.17, 15) is 9.18 Å². The lowest BCUT2D eigenvalue weighted by molar-refractivity contribution is -0.121. The molecule has 6 nitrogen and oxygen atoms in total. The summed E-state index contributed by atoms with van der Waals surface area (Å²) >= 11 is 12.4. The molecular formula is C27H26Cl2FN3O3. The molecule has 2 aliphatic heterocycles. The van der Waals surface area contributed by atoms with E-state index in [0.29, 0.717) is 29.4 Å². The summed E-state index contributed by atoms with van der Waals surface area (Å²) in [5.41, 5.74) is 9.06. The quantitative estimate of drug-likeness (QED) is 0.313. The van der Waals surface area contributed by atoms with E-state index in [-0.39, 0.29) is 16.4 Å². The number of hydrogen-bond donors (Lipinski definition) is 1. The van der Waals surface area contributed by atoms with Crippen molar-refractivity contribution < 1.29 is 18.7 Å². The molecule has 36 heavy (non-hydrogen) atoms. The van der Waals surface area contributed by atoms with Crippen molar-refractivity contribution in [3.63, 3.8) is 0 Å². The predicted molar refractivity (Wildman–Crippen MR) is 138 cm³/mol. The monoisotopic (exact) mass is 529 g/mol. The maximum Gasteiger partial charge on any atom is 0.209 e. The molecule has 0 aliphatic carbocycles. The molecule has 2 aromatic carbocycles. The average Bonchev–Trinajstić information content (AvgIpc) is 2.88. The van der Waals surface area contributed by atoms with Gasteiger partial charge in [-0.3, -0.25) is 4.79 Å². The molecule has 3 heterocycles. The van der Waals surface area contributed by atoms with Gasteiger partial charge >= 0.3 is 0 Å². The first-order chi connectivity index (χ1) is 17.3. The Balaban J connectivity index is 1.40. The molecular weight excluding hydrogens is 504 g/mol. The summed E-state index contributed by atoms with van der Waals surface area (Å²) < 4.78 is 26.6. The zero-order valence-corrected chi connectivity index (χ0v) is 21.3. The van der Waals surface area contributed by atoms with Crippen LogP contribution in [0.15, 0.2) is 42.6 Å². The minimum Gasteiger partial charge on any atom is -0.487 e. The molecule has 1 saturated heterocycles. The van der Waals surface area contributed by atoms with E-state index in [0.717, 1.165) is 54.5 Å². The van der Waals surface area contributed by atoms with Gasteiger partial charge in [0.15, 0.2) is 11.6 Å². The number of anilines is 1. The van der Waals surface area contributed by atoms with Gasteiger partial charge in [-0.05, 0) is 55.2 Å². The minimum atomic E-state index is -0.663. The van der Waals surface area contributed by atoms with Gasteiger partial charge in [0.25, 0.3) is 0 Å². The lowest BCUT2D eigenvalue weighted by atomic mass is 9.83. The normalized spacial score (nSPS) is 17.3. The second-order valence-corrected chi connectivity index (χ2v) is 10.2. The number of benzene rings is 2. The van der Waals surface area contributed by atoms with Gasteiger partial charge in [-0.15, -0.1) is 0 Å². The molecule has 5 rings (SSSR count). The molecule has 1 aromatic heterocycles. The van der Waals surface area contributed by atoms with E-state index in [1.54, 1.807) is 24.1 Å². The predicted octanol–water partition coefficient (Wildman–Crippen LogP) is 6.23. The van der Waals surface area contributed by atoms with Crippen LogP contribution in [0.4, 0.5) is 10.2 Å². The number of nitrogen functional groups attached to an aromatic ring is 1. The van der Waals surface area contributed by atoms with E-state index in [1.165, 1.54) is 12.1 Å². The molecule has 0 unspecified atom stereocenters. The fraction of sp³-hybridized carbons (Fsp3) is 0.333. The van der Waals surface area contributed by atoms with Crippen molar-refractivity contribution >= 4 is 35.4 Å². The van der Waals surface area contributed by atoms with Crippen LogP contribution in [-0.4, -0.2) is 35.0 Å². The zero-order chi connectivity index (χ0) is 25.4. The van der Waals surface area contributed by atoms with Crippen molar-refractivity contribution in [2.45, 2.75) is 44.3 Å². The highest BCUT2D eigenvalue weighted by Crippen LogP contribution is 2.42. The number of aryl methyl sites for hydroxylation is 1. The largest absolute Gasteiger partial charge is 0.487 e.